The third-order valence-corrected chi connectivity index (χ3v) is 6.14. The first-order chi connectivity index (χ1) is 9.28. The van der Waals surface area contributed by atoms with E-state index in [0.717, 1.165) is 18.9 Å². The lowest BCUT2D eigenvalue weighted by Gasteiger charge is -2.34. The minimum atomic E-state index is -1.10. The fourth-order valence-electron chi connectivity index (χ4n) is 4.06. The molecule has 5 heteroatoms. The molecule has 1 aromatic rings. The number of alkyl halides is 1. The molecule has 0 amide bonds. The van der Waals surface area contributed by atoms with Crippen molar-refractivity contribution in [2.45, 2.75) is 50.6 Å². The molecule has 0 saturated heterocycles. The van der Waals surface area contributed by atoms with Crippen LogP contribution in [0.2, 0.25) is 10.0 Å². The number of aromatic hydroxyl groups is 1. The third-order valence-electron chi connectivity index (χ3n) is 5.33. The number of rotatable bonds is 2. The van der Waals surface area contributed by atoms with Gasteiger partial charge in [0.1, 0.15) is 5.67 Å². The van der Waals surface area contributed by atoms with Gasteiger partial charge >= 0.3 is 0 Å². The minimum Gasteiger partial charge on any atom is -0.505 e. The molecule has 2 aliphatic rings. The maximum atomic E-state index is 14.4. The van der Waals surface area contributed by atoms with Crippen LogP contribution in [0.3, 0.4) is 0 Å². The van der Waals surface area contributed by atoms with Crippen molar-refractivity contribution in [1.82, 2.24) is 0 Å². The topological polar surface area (TPSA) is 20.2 Å². The molecule has 110 valence electrons. The van der Waals surface area contributed by atoms with E-state index < -0.39 is 17.2 Å². The van der Waals surface area contributed by atoms with Crippen LogP contribution in [0.25, 0.3) is 0 Å². The van der Waals surface area contributed by atoms with Gasteiger partial charge in [0.05, 0.1) is 10.0 Å². The average Bonchev–Trinajstić information content (AvgIpc) is 2.91. The van der Waals surface area contributed by atoms with Crippen molar-refractivity contribution in [3.8, 4) is 5.75 Å². The summed E-state index contributed by atoms with van der Waals surface area (Å²) in [6.07, 6.45) is 2.97. The molecule has 3 rings (SSSR count). The molecule has 1 aromatic carbocycles. The van der Waals surface area contributed by atoms with Crippen LogP contribution >= 0.6 is 23.2 Å². The maximum absolute atomic E-state index is 14.4. The van der Waals surface area contributed by atoms with E-state index in [1.807, 2.05) is 6.92 Å². The highest BCUT2D eigenvalue weighted by molar-refractivity contribution is 6.42. The van der Waals surface area contributed by atoms with Gasteiger partial charge in [-0.05, 0) is 43.4 Å². The van der Waals surface area contributed by atoms with Gasteiger partial charge < -0.3 is 5.11 Å². The van der Waals surface area contributed by atoms with E-state index in [9.17, 15) is 13.9 Å². The van der Waals surface area contributed by atoms with Crippen molar-refractivity contribution < 1.29 is 13.9 Å². The highest BCUT2D eigenvalue weighted by atomic mass is 35.5. The van der Waals surface area contributed by atoms with Crippen molar-refractivity contribution in [3.05, 3.63) is 27.5 Å². The summed E-state index contributed by atoms with van der Waals surface area (Å²) in [6, 6.07) is 1.11. The third kappa shape index (κ3) is 1.93. The van der Waals surface area contributed by atoms with Crippen LogP contribution in [0.15, 0.2) is 6.07 Å². The van der Waals surface area contributed by atoms with Gasteiger partial charge in [-0.3, -0.25) is 0 Å². The van der Waals surface area contributed by atoms with Crippen molar-refractivity contribution >= 4 is 23.2 Å². The lowest BCUT2D eigenvalue weighted by atomic mass is 9.70. The summed E-state index contributed by atoms with van der Waals surface area (Å²) in [7, 11) is 0. The quantitative estimate of drug-likeness (QED) is 0.702. The number of phenols is 1. The second kappa shape index (κ2) is 4.48. The Morgan fingerprint density at radius 3 is 2.35 bits per heavy atom. The van der Waals surface area contributed by atoms with E-state index in [-0.39, 0.29) is 26.9 Å². The standard InChI is InChI=1S/C15H16Cl2F2O/c1-8(14-2-4-15(19,7-14)5-3-14)11-12(17)9(16)6-10(20)13(11)18/h6,8,20H,2-5,7H2,1H3/t8-,14?,15?/m1/s1. The molecular weight excluding hydrogens is 305 g/mol. The Balaban J connectivity index is 2.06. The Morgan fingerprint density at radius 1 is 1.25 bits per heavy atom. The van der Waals surface area contributed by atoms with Crippen molar-refractivity contribution in [2.75, 3.05) is 0 Å². The average molecular weight is 321 g/mol. The lowest BCUT2D eigenvalue weighted by molar-refractivity contribution is 0.176. The zero-order chi connectivity index (χ0) is 14.7. The van der Waals surface area contributed by atoms with Gasteiger partial charge in [-0.15, -0.1) is 0 Å². The van der Waals surface area contributed by atoms with E-state index >= 15 is 0 Å². The second-order valence-corrected chi connectivity index (χ2v) is 7.12. The van der Waals surface area contributed by atoms with Crippen LogP contribution in [0.1, 0.15) is 50.5 Å². The van der Waals surface area contributed by atoms with Gasteiger partial charge in [-0.1, -0.05) is 30.1 Å². The summed E-state index contributed by atoms with van der Waals surface area (Å²) >= 11 is 12.1. The first-order valence-electron chi connectivity index (χ1n) is 6.83. The molecule has 1 atom stereocenters. The van der Waals surface area contributed by atoms with E-state index in [0.29, 0.717) is 19.3 Å². The Kier molecular flexibility index (Phi) is 3.22. The van der Waals surface area contributed by atoms with Gasteiger partial charge in [0.25, 0.3) is 0 Å². The summed E-state index contributed by atoms with van der Waals surface area (Å²) in [4.78, 5) is 0. The molecule has 0 heterocycles. The van der Waals surface area contributed by atoms with Gasteiger partial charge in [0.15, 0.2) is 11.6 Å². The van der Waals surface area contributed by atoms with Crippen LogP contribution in [-0.2, 0) is 0 Å². The second-order valence-electron chi connectivity index (χ2n) is 6.33. The number of halogens is 4. The number of benzene rings is 1. The Bertz CT molecular complexity index is 539. The van der Waals surface area contributed by atoms with E-state index in [1.54, 1.807) is 0 Å². The van der Waals surface area contributed by atoms with Crippen LogP contribution in [0.4, 0.5) is 8.78 Å². The highest BCUT2D eigenvalue weighted by Gasteiger charge is 2.57. The normalized spacial score (nSPS) is 33.6. The summed E-state index contributed by atoms with van der Waals surface area (Å²) in [5.41, 5.74) is -1.14. The van der Waals surface area contributed by atoms with Crippen LogP contribution < -0.4 is 0 Å². The molecule has 2 aliphatic carbocycles. The van der Waals surface area contributed by atoms with E-state index in [4.69, 9.17) is 23.2 Å². The van der Waals surface area contributed by atoms with Crippen molar-refractivity contribution in [1.29, 1.82) is 0 Å². The first kappa shape index (κ1) is 14.4. The lowest BCUT2D eigenvalue weighted by Crippen LogP contribution is -2.23. The van der Waals surface area contributed by atoms with Crippen molar-refractivity contribution in [2.24, 2.45) is 5.41 Å². The van der Waals surface area contributed by atoms with Crippen LogP contribution in [0, 0.1) is 11.2 Å². The molecule has 0 spiro atoms. The number of phenolic OH excluding ortho intramolecular Hbond substituents is 1. The van der Waals surface area contributed by atoms with E-state index in [1.165, 1.54) is 0 Å². The monoisotopic (exact) mass is 320 g/mol. The van der Waals surface area contributed by atoms with E-state index in [2.05, 4.69) is 0 Å². The molecule has 0 aliphatic heterocycles. The number of hydrogen-bond acceptors (Lipinski definition) is 1. The smallest absolute Gasteiger partial charge is 0.169 e. The zero-order valence-electron chi connectivity index (χ0n) is 11.1. The predicted octanol–water partition coefficient (Wildman–Crippen LogP) is 5.61. The predicted molar refractivity (Wildman–Crippen MR) is 75.9 cm³/mol. The summed E-state index contributed by atoms with van der Waals surface area (Å²) < 4.78 is 28.6. The molecule has 1 nitrogen and oxygen atoms in total. The molecule has 2 fully saturated rings. The zero-order valence-corrected chi connectivity index (χ0v) is 12.7. The van der Waals surface area contributed by atoms with Gasteiger partial charge in [-0.2, -0.15) is 0 Å². The fraction of sp³-hybridized carbons (Fsp3) is 0.600. The molecule has 1 N–H and O–H groups in total. The summed E-state index contributed by atoms with van der Waals surface area (Å²) in [6.45, 7) is 1.86. The Labute approximate surface area is 126 Å². The van der Waals surface area contributed by atoms with Gasteiger partial charge in [0.2, 0.25) is 0 Å². The fourth-order valence-corrected chi connectivity index (χ4v) is 4.57. The van der Waals surface area contributed by atoms with Gasteiger partial charge in [0, 0.05) is 11.6 Å². The van der Waals surface area contributed by atoms with Crippen LogP contribution in [0.5, 0.6) is 5.75 Å². The minimum absolute atomic E-state index is 0.131. The molecule has 0 aromatic heterocycles. The van der Waals surface area contributed by atoms with Crippen molar-refractivity contribution in [3.63, 3.8) is 0 Å². The molecule has 20 heavy (non-hydrogen) atoms. The maximum Gasteiger partial charge on any atom is 0.169 e. The van der Waals surface area contributed by atoms with Crippen LogP contribution in [-0.4, -0.2) is 10.8 Å². The largest absolute Gasteiger partial charge is 0.505 e. The van der Waals surface area contributed by atoms with Gasteiger partial charge in [-0.25, -0.2) is 8.78 Å². The molecule has 0 radical (unpaired) electrons. The molecule has 2 bridgehead atoms. The molecular formula is C15H16Cl2F2O. The number of hydrogen-bond donors (Lipinski definition) is 1. The Morgan fingerprint density at radius 2 is 1.85 bits per heavy atom. The summed E-state index contributed by atoms with van der Waals surface area (Å²) in [5, 5.41) is 9.89. The number of fused-ring (bicyclic) bond motifs is 2. The Hall–Kier alpha value is -0.540. The summed E-state index contributed by atoms with van der Waals surface area (Å²) in [5.74, 6) is -1.50. The molecule has 2 saturated carbocycles. The molecule has 0 unspecified atom stereocenters. The highest BCUT2D eigenvalue weighted by Crippen LogP contribution is 2.64. The SMILES string of the molecule is C[C@H](c1c(F)c(O)cc(Cl)c1Cl)C12CCC(F)(CC1)C2. The first-order valence-corrected chi connectivity index (χ1v) is 7.59.